The Labute approximate surface area is 115 Å². The fraction of sp³-hybridized carbons (Fsp3) is 0.143. The lowest BCUT2D eigenvalue weighted by Crippen LogP contribution is -2.13. The Bertz CT molecular complexity index is 776. The first-order chi connectivity index (χ1) is 9.63. The maximum absolute atomic E-state index is 12.1. The van der Waals surface area contributed by atoms with Crippen molar-refractivity contribution in [2.24, 2.45) is 0 Å². The van der Waals surface area contributed by atoms with Gasteiger partial charge in [0.15, 0.2) is 5.65 Å². The predicted octanol–water partition coefficient (Wildman–Crippen LogP) is 1.99. The molecule has 1 amide bonds. The Morgan fingerprint density at radius 2 is 2.05 bits per heavy atom. The van der Waals surface area contributed by atoms with Gasteiger partial charge in [-0.05, 0) is 37.6 Å². The van der Waals surface area contributed by atoms with Gasteiger partial charge in [0.25, 0.3) is 5.91 Å². The number of aromatic nitrogens is 4. The van der Waals surface area contributed by atoms with Gasteiger partial charge in [-0.2, -0.15) is 0 Å². The van der Waals surface area contributed by atoms with E-state index in [0.29, 0.717) is 17.0 Å². The molecule has 3 heterocycles. The second-order valence-corrected chi connectivity index (χ2v) is 4.57. The lowest BCUT2D eigenvalue weighted by Gasteiger charge is -2.05. The fourth-order valence-electron chi connectivity index (χ4n) is 1.88. The lowest BCUT2D eigenvalue weighted by molar-refractivity contribution is 0.102. The van der Waals surface area contributed by atoms with Gasteiger partial charge in [-0.25, -0.2) is 4.98 Å². The van der Waals surface area contributed by atoms with Gasteiger partial charge in [0.1, 0.15) is 11.6 Å². The van der Waals surface area contributed by atoms with Crippen LogP contribution >= 0.6 is 0 Å². The first-order valence-corrected chi connectivity index (χ1v) is 6.19. The van der Waals surface area contributed by atoms with Crippen molar-refractivity contribution < 1.29 is 4.79 Å². The zero-order chi connectivity index (χ0) is 14.1. The molecule has 0 unspecified atom stereocenters. The second kappa shape index (κ2) is 4.73. The Balaban J connectivity index is 1.86. The van der Waals surface area contributed by atoms with E-state index in [1.807, 2.05) is 24.3 Å². The largest absolute Gasteiger partial charge is 0.307 e. The van der Waals surface area contributed by atoms with Crippen LogP contribution in [0.25, 0.3) is 5.65 Å². The third-order valence-corrected chi connectivity index (χ3v) is 3.00. The highest BCUT2D eigenvalue weighted by atomic mass is 16.1. The van der Waals surface area contributed by atoms with E-state index in [0.717, 1.165) is 11.4 Å². The molecule has 0 radical (unpaired) electrons. The van der Waals surface area contributed by atoms with Crippen LogP contribution in [0.1, 0.15) is 21.7 Å². The van der Waals surface area contributed by atoms with E-state index >= 15 is 0 Å². The molecule has 0 atom stereocenters. The molecule has 0 fully saturated rings. The minimum absolute atomic E-state index is 0.218. The molecular formula is C14H13N5O. The smallest absolute Gasteiger partial charge is 0.257 e. The molecular weight excluding hydrogens is 254 g/mol. The Morgan fingerprint density at radius 3 is 2.80 bits per heavy atom. The van der Waals surface area contributed by atoms with Crippen LogP contribution in [-0.2, 0) is 0 Å². The molecule has 0 spiro atoms. The zero-order valence-corrected chi connectivity index (χ0v) is 11.2. The summed E-state index contributed by atoms with van der Waals surface area (Å²) in [6.45, 7) is 3.80. The highest BCUT2D eigenvalue weighted by Gasteiger charge is 2.09. The molecule has 0 aliphatic carbocycles. The van der Waals surface area contributed by atoms with Crippen LogP contribution in [0.4, 0.5) is 5.82 Å². The minimum Gasteiger partial charge on any atom is -0.307 e. The van der Waals surface area contributed by atoms with E-state index in [1.165, 1.54) is 0 Å². The van der Waals surface area contributed by atoms with Crippen LogP contribution in [0.15, 0.2) is 36.7 Å². The van der Waals surface area contributed by atoms with E-state index in [9.17, 15) is 4.79 Å². The van der Waals surface area contributed by atoms with Crippen LogP contribution < -0.4 is 5.32 Å². The Kier molecular flexibility index (Phi) is 2.90. The molecule has 3 rings (SSSR count). The number of hydrogen-bond acceptors (Lipinski definition) is 4. The minimum atomic E-state index is -0.218. The van der Waals surface area contributed by atoms with E-state index in [1.54, 1.807) is 30.6 Å². The van der Waals surface area contributed by atoms with Gasteiger partial charge in [-0.15, -0.1) is 10.2 Å². The third-order valence-electron chi connectivity index (χ3n) is 3.00. The van der Waals surface area contributed by atoms with Crippen molar-refractivity contribution in [2.75, 3.05) is 5.32 Å². The number of carbonyl (C=O) groups excluding carboxylic acids is 1. The van der Waals surface area contributed by atoms with Crippen molar-refractivity contribution in [2.45, 2.75) is 13.8 Å². The van der Waals surface area contributed by atoms with Gasteiger partial charge >= 0.3 is 0 Å². The summed E-state index contributed by atoms with van der Waals surface area (Å²) in [6.07, 6.45) is 3.49. The Hall–Kier alpha value is -2.76. The molecule has 0 aromatic carbocycles. The summed E-state index contributed by atoms with van der Waals surface area (Å²) in [6, 6.07) is 7.09. The van der Waals surface area contributed by atoms with Gasteiger partial charge in [0, 0.05) is 18.0 Å². The maximum Gasteiger partial charge on any atom is 0.257 e. The normalized spacial score (nSPS) is 10.7. The molecule has 6 nitrogen and oxygen atoms in total. The van der Waals surface area contributed by atoms with Crippen LogP contribution in [0, 0.1) is 13.8 Å². The molecule has 20 heavy (non-hydrogen) atoms. The highest BCUT2D eigenvalue weighted by Crippen LogP contribution is 2.10. The van der Waals surface area contributed by atoms with E-state index in [4.69, 9.17) is 0 Å². The average Bonchev–Trinajstić information content (AvgIpc) is 2.82. The van der Waals surface area contributed by atoms with Gasteiger partial charge in [-0.1, -0.05) is 6.07 Å². The molecule has 0 aliphatic heterocycles. The van der Waals surface area contributed by atoms with Crippen molar-refractivity contribution in [1.29, 1.82) is 0 Å². The number of anilines is 1. The summed E-state index contributed by atoms with van der Waals surface area (Å²) >= 11 is 0. The number of nitrogens with zero attached hydrogens (tertiary/aromatic N) is 4. The van der Waals surface area contributed by atoms with Crippen molar-refractivity contribution in [1.82, 2.24) is 19.6 Å². The van der Waals surface area contributed by atoms with E-state index in [2.05, 4.69) is 20.5 Å². The van der Waals surface area contributed by atoms with Crippen LogP contribution in [0.2, 0.25) is 0 Å². The molecule has 3 aromatic rings. The molecule has 3 aromatic heterocycles. The standard InChI is InChI=1S/C14H13N5O/c1-9-3-4-12(15-8-9)16-14(20)11-5-6-19-10(2)17-18-13(19)7-11/h3-8H,1-2H3,(H,15,16,20). The third kappa shape index (κ3) is 2.23. The maximum atomic E-state index is 12.1. The van der Waals surface area contributed by atoms with Gasteiger partial charge < -0.3 is 5.32 Å². The van der Waals surface area contributed by atoms with E-state index in [-0.39, 0.29) is 5.91 Å². The van der Waals surface area contributed by atoms with Crippen molar-refractivity contribution >= 4 is 17.4 Å². The average molecular weight is 267 g/mol. The van der Waals surface area contributed by atoms with Crippen LogP contribution in [0.3, 0.4) is 0 Å². The lowest BCUT2D eigenvalue weighted by atomic mass is 10.2. The first kappa shape index (κ1) is 12.3. The number of nitrogens with one attached hydrogen (secondary N) is 1. The summed E-state index contributed by atoms with van der Waals surface area (Å²) in [4.78, 5) is 16.3. The fourth-order valence-corrected chi connectivity index (χ4v) is 1.88. The second-order valence-electron chi connectivity index (χ2n) is 4.57. The zero-order valence-electron chi connectivity index (χ0n) is 11.2. The molecule has 0 saturated heterocycles. The number of fused-ring (bicyclic) bond motifs is 1. The monoisotopic (exact) mass is 267 g/mol. The molecule has 0 bridgehead atoms. The van der Waals surface area contributed by atoms with Crippen molar-refractivity contribution in [3.05, 3.63) is 53.6 Å². The summed E-state index contributed by atoms with van der Waals surface area (Å²) in [5, 5.41) is 10.7. The summed E-state index contributed by atoms with van der Waals surface area (Å²) in [5.41, 5.74) is 2.21. The number of pyridine rings is 2. The van der Waals surface area contributed by atoms with Crippen LogP contribution in [0.5, 0.6) is 0 Å². The predicted molar refractivity (Wildman–Crippen MR) is 74.7 cm³/mol. The molecule has 0 aliphatic rings. The highest BCUT2D eigenvalue weighted by molar-refractivity contribution is 6.04. The summed E-state index contributed by atoms with van der Waals surface area (Å²) < 4.78 is 1.82. The molecule has 0 saturated carbocycles. The molecule has 100 valence electrons. The van der Waals surface area contributed by atoms with E-state index < -0.39 is 0 Å². The molecule has 6 heteroatoms. The Morgan fingerprint density at radius 1 is 1.20 bits per heavy atom. The number of amides is 1. The van der Waals surface area contributed by atoms with Crippen LogP contribution in [-0.4, -0.2) is 25.5 Å². The number of rotatable bonds is 2. The van der Waals surface area contributed by atoms with Crippen molar-refractivity contribution in [3.8, 4) is 0 Å². The SMILES string of the molecule is Cc1ccc(NC(=O)c2ccn3c(C)nnc3c2)nc1. The molecule has 1 N–H and O–H groups in total. The quantitative estimate of drug-likeness (QED) is 0.770. The summed E-state index contributed by atoms with van der Waals surface area (Å²) in [5.74, 6) is 1.09. The number of hydrogen-bond donors (Lipinski definition) is 1. The van der Waals surface area contributed by atoms with Crippen molar-refractivity contribution in [3.63, 3.8) is 0 Å². The summed E-state index contributed by atoms with van der Waals surface area (Å²) in [7, 11) is 0. The first-order valence-electron chi connectivity index (χ1n) is 6.19. The topological polar surface area (TPSA) is 72.2 Å². The number of aryl methyl sites for hydroxylation is 2. The van der Waals surface area contributed by atoms with Gasteiger partial charge in [-0.3, -0.25) is 9.20 Å². The van der Waals surface area contributed by atoms with Gasteiger partial charge in [0.2, 0.25) is 0 Å². The number of carbonyl (C=O) groups is 1. The van der Waals surface area contributed by atoms with Gasteiger partial charge in [0.05, 0.1) is 0 Å².